The number of aryl methyl sites for hydroxylation is 2. The molecule has 0 fully saturated rings. The highest BCUT2D eigenvalue weighted by Gasteiger charge is 2.23. The van der Waals surface area contributed by atoms with Gasteiger partial charge >= 0.3 is 0 Å². The lowest BCUT2D eigenvalue weighted by Gasteiger charge is -2.15. The van der Waals surface area contributed by atoms with Crippen LogP contribution in [0.2, 0.25) is 0 Å². The smallest absolute Gasteiger partial charge is 0.231 e. The molecule has 0 saturated heterocycles. The molecule has 0 radical (unpaired) electrons. The number of thiazole rings is 1. The number of rotatable bonds is 6. The van der Waals surface area contributed by atoms with Crippen LogP contribution < -0.4 is 14.8 Å². The second kappa shape index (κ2) is 9.20. The molecule has 2 N–H and O–H groups in total. The van der Waals surface area contributed by atoms with E-state index in [4.69, 9.17) is 4.74 Å². The number of methoxy groups -OCH3 is 1. The van der Waals surface area contributed by atoms with Crippen molar-refractivity contribution in [2.45, 2.75) is 39.5 Å². The van der Waals surface area contributed by atoms with Crippen molar-refractivity contribution in [3.05, 3.63) is 53.7 Å². The van der Waals surface area contributed by atoms with Crippen molar-refractivity contribution in [1.29, 1.82) is 0 Å². The summed E-state index contributed by atoms with van der Waals surface area (Å²) in [4.78, 5) is 18.2. The zero-order valence-electron chi connectivity index (χ0n) is 18.5. The van der Waals surface area contributed by atoms with Gasteiger partial charge in [-0.1, -0.05) is 49.8 Å². The molecule has 0 aliphatic rings. The van der Waals surface area contributed by atoms with Crippen LogP contribution in [-0.2, 0) is 15.8 Å². The largest absolute Gasteiger partial charge is 0.495 e. The number of carbonyl (C=O) groups is 1. The van der Waals surface area contributed by atoms with Gasteiger partial charge in [-0.2, -0.15) is 0 Å². The Morgan fingerprint density at radius 2 is 1.77 bits per heavy atom. The summed E-state index contributed by atoms with van der Waals surface area (Å²) in [6.07, 6.45) is 0. The van der Waals surface area contributed by atoms with Crippen LogP contribution in [0.4, 0.5) is 10.8 Å². The number of nitrogens with one attached hydrogen (secondary N) is 2. The quantitative estimate of drug-likeness (QED) is 0.508. The number of amides is 1. The van der Waals surface area contributed by atoms with Crippen LogP contribution >= 0.6 is 11.3 Å². The van der Waals surface area contributed by atoms with Gasteiger partial charge in [-0.3, -0.25) is 4.79 Å². The van der Waals surface area contributed by atoms with Gasteiger partial charge in [0.1, 0.15) is 10.6 Å². The Morgan fingerprint density at radius 3 is 2.39 bits per heavy atom. The molecular weight excluding hydrogens is 430 g/mol. The molecule has 1 atom stereocenters. The molecule has 164 valence electrons. The highest BCUT2D eigenvalue weighted by molar-refractivity contribution is 7.86. The van der Waals surface area contributed by atoms with E-state index in [-0.39, 0.29) is 5.91 Å². The maximum atomic E-state index is 13.1. The predicted molar refractivity (Wildman–Crippen MR) is 128 cm³/mol. The predicted octanol–water partition coefficient (Wildman–Crippen LogP) is 5.55. The molecule has 1 heterocycles. The van der Waals surface area contributed by atoms with Crippen LogP contribution in [0.15, 0.2) is 47.4 Å². The Bertz CT molecular complexity index is 1120. The minimum atomic E-state index is -1.52. The highest BCUT2D eigenvalue weighted by Crippen LogP contribution is 2.36. The third-order valence-electron chi connectivity index (χ3n) is 4.59. The van der Waals surface area contributed by atoms with Crippen LogP contribution in [0.5, 0.6) is 5.75 Å². The maximum Gasteiger partial charge on any atom is 0.231 e. The van der Waals surface area contributed by atoms with E-state index >= 15 is 0 Å². The van der Waals surface area contributed by atoms with Gasteiger partial charge in [0, 0.05) is 11.1 Å². The molecule has 0 aliphatic heterocycles. The number of benzene rings is 2. The summed E-state index contributed by atoms with van der Waals surface area (Å²) in [5.41, 5.74) is 3.04. The summed E-state index contributed by atoms with van der Waals surface area (Å²) >= 11 is 1.39. The van der Waals surface area contributed by atoms with Crippen molar-refractivity contribution in [2.24, 2.45) is 5.41 Å². The first-order valence-electron chi connectivity index (χ1n) is 9.81. The van der Waals surface area contributed by atoms with Gasteiger partial charge in [0.2, 0.25) is 5.91 Å². The zero-order chi connectivity index (χ0) is 22.8. The Hall–Kier alpha value is -2.71. The number of hydrogen-bond donors (Lipinski definition) is 2. The van der Waals surface area contributed by atoms with E-state index in [1.807, 2.05) is 71.0 Å². The van der Waals surface area contributed by atoms with Crippen molar-refractivity contribution >= 4 is 39.0 Å². The molecule has 1 unspecified atom stereocenters. The lowest BCUT2D eigenvalue weighted by Crippen LogP contribution is -2.27. The Kier molecular flexibility index (Phi) is 6.81. The minimum Gasteiger partial charge on any atom is -0.495 e. The standard InChI is InChI=1S/C23H27N3O3S2/c1-14-7-10-17(11-8-14)26-31(28)19-13-16(9-12-18(19)29-6)20-15(2)24-22(30-20)25-21(27)23(3,4)5/h7-13,26H,1-6H3,(H,24,25,27). The zero-order valence-corrected chi connectivity index (χ0v) is 20.2. The molecule has 0 aliphatic carbocycles. The van der Waals surface area contributed by atoms with Crippen molar-refractivity contribution in [2.75, 3.05) is 17.1 Å². The van der Waals surface area contributed by atoms with E-state index in [0.29, 0.717) is 15.8 Å². The van der Waals surface area contributed by atoms with Gasteiger partial charge in [-0.15, -0.1) is 0 Å². The lowest BCUT2D eigenvalue weighted by molar-refractivity contribution is -0.123. The second-order valence-corrected chi connectivity index (χ2v) is 10.4. The minimum absolute atomic E-state index is 0.0911. The van der Waals surface area contributed by atoms with E-state index in [2.05, 4.69) is 15.0 Å². The van der Waals surface area contributed by atoms with Crippen molar-refractivity contribution < 1.29 is 13.7 Å². The maximum absolute atomic E-state index is 13.1. The summed E-state index contributed by atoms with van der Waals surface area (Å²) in [6, 6.07) is 13.2. The third-order valence-corrected chi connectivity index (χ3v) is 6.85. The molecule has 31 heavy (non-hydrogen) atoms. The van der Waals surface area contributed by atoms with Gasteiger partial charge in [0.25, 0.3) is 0 Å². The normalized spacial score (nSPS) is 12.3. The Labute approximate surface area is 189 Å². The Morgan fingerprint density at radius 1 is 1.10 bits per heavy atom. The first kappa shape index (κ1) is 23.0. The fourth-order valence-electron chi connectivity index (χ4n) is 2.75. The van der Waals surface area contributed by atoms with E-state index in [1.54, 1.807) is 13.2 Å². The van der Waals surface area contributed by atoms with Crippen molar-refractivity contribution in [1.82, 2.24) is 4.98 Å². The number of nitrogens with zero attached hydrogens (tertiary/aromatic N) is 1. The van der Waals surface area contributed by atoms with Crippen LogP contribution in [0.3, 0.4) is 0 Å². The molecule has 0 saturated carbocycles. The number of hydrogen-bond acceptors (Lipinski definition) is 5. The SMILES string of the molecule is COc1ccc(-c2sc(NC(=O)C(C)(C)C)nc2C)cc1S(=O)Nc1ccc(C)cc1. The monoisotopic (exact) mass is 457 g/mol. The molecule has 6 nitrogen and oxygen atoms in total. The van der Waals surface area contributed by atoms with E-state index in [1.165, 1.54) is 11.3 Å². The van der Waals surface area contributed by atoms with Gasteiger partial charge < -0.3 is 14.8 Å². The molecule has 1 aromatic heterocycles. The summed E-state index contributed by atoms with van der Waals surface area (Å²) < 4.78 is 21.5. The van der Waals surface area contributed by atoms with Crippen molar-refractivity contribution in [3.8, 4) is 16.2 Å². The van der Waals surface area contributed by atoms with E-state index < -0.39 is 16.4 Å². The fourth-order valence-corrected chi connectivity index (χ4v) is 4.73. The van der Waals surface area contributed by atoms with Crippen molar-refractivity contribution in [3.63, 3.8) is 0 Å². The van der Waals surface area contributed by atoms with Gasteiger partial charge in [0.05, 0.1) is 17.7 Å². The first-order chi connectivity index (χ1) is 14.6. The molecule has 1 amide bonds. The van der Waals surface area contributed by atoms with Gasteiger partial charge in [0.15, 0.2) is 16.1 Å². The highest BCUT2D eigenvalue weighted by atomic mass is 32.2. The average Bonchev–Trinajstić information content (AvgIpc) is 3.08. The number of carbonyl (C=O) groups excluding carboxylic acids is 1. The molecule has 3 aromatic rings. The average molecular weight is 458 g/mol. The first-order valence-corrected chi connectivity index (χ1v) is 11.8. The number of aromatic nitrogens is 1. The molecule has 8 heteroatoms. The molecular formula is C23H27N3O3S2. The van der Waals surface area contributed by atoms with E-state index in [0.717, 1.165) is 27.4 Å². The summed E-state index contributed by atoms with van der Waals surface area (Å²) in [7, 11) is 0.0375. The van der Waals surface area contributed by atoms with Gasteiger partial charge in [-0.25, -0.2) is 9.19 Å². The summed E-state index contributed by atoms with van der Waals surface area (Å²) in [5, 5.41) is 3.43. The van der Waals surface area contributed by atoms with Crippen LogP contribution in [0.1, 0.15) is 32.0 Å². The molecule has 2 aromatic carbocycles. The number of anilines is 2. The molecule has 0 bridgehead atoms. The molecule has 3 rings (SSSR count). The van der Waals surface area contributed by atoms with E-state index in [9.17, 15) is 9.00 Å². The Balaban J connectivity index is 1.90. The van der Waals surface area contributed by atoms with Gasteiger partial charge in [-0.05, 0) is 49.7 Å². The summed E-state index contributed by atoms with van der Waals surface area (Å²) in [6.45, 7) is 9.47. The lowest BCUT2D eigenvalue weighted by atomic mass is 9.96. The molecule has 0 spiro atoms. The summed E-state index contributed by atoms with van der Waals surface area (Å²) in [5.74, 6) is 0.441. The van der Waals surface area contributed by atoms with Crippen LogP contribution in [-0.4, -0.2) is 22.2 Å². The number of ether oxygens (including phenoxy) is 1. The van der Waals surface area contributed by atoms with Crippen LogP contribution in [0.25, 0.3) is 10.4 Å². The second-order valence-electron chi connectivity index (χ2n) is 8.24. The van der Waals surface area contributed by atoms with Crippen LogP contribution in [0, 0.1) is 19.3 Å². The topological polar surface area (TPSA) is 80.3 Å². The fraction of sp³-hybridized carbons (Fsp3) is 0.304. The third kappa shape index (κ3) is 5.51.